The molecule has 0 unspecified atom stereocenters. The Hall–Kier alpha value is -2.24. The SMILES string of the molecule is Fc1ccccc1/C=N/Nc1nc(-c2ccc(Cl)cc2)cs1. The summed E-state index contributed by atoms with van der Waals surface area (Å²) < 4.78 is 13.4. The highest BCUT2D eigenvalue weighted by atomic mass is 35.5. The molecule has 1 aromatic heterocycles. The zero-order valence-electron chi connectivity index (χ0n) is 11.3. The van der Waals surface area contributed by atoms with E-state index in [0.29, 0.717) is 15.7 Å². The fourth-order valence-corrected chi connectivity index (χ4v) is 2.61. The molecule has 3 aromatic rings. The van der Waals surface area contributed by atoms with Crippen molar-refractivity contribution in [3.8, 4) is 11.3 Å². The molecule has 3 rings (SSSR count). The van der Waals surface area contributed by atoms with Gasteiger partial charge in [0, 0.05) is 21.5 Å². The van der Waals surface area contributed by atoms with Gasteiger partial charge in [-0.3, -0.25) is 5.43 Å². The number of benzene rings is 2. The van der Waals surface area contributed by atoms with E-state index in [2.05, 4.69) is 15.5 Å². The van der Waals surface area contributed by atoms with Crippen LogP contribution in [-0.4, -0.2) is 11.2 Å². The number of anilines is 1. The zero-order chi connectivity index (χ0) is 15.4. The molecule has 1 heterocycles. The van der Waals surface area contributed by atoms with Gasteiger partial charge in [0.1, 0.15) is 5.82 Å². The first-order valence-electron chi connectivity index (χ1n) is 6.47. The minimum atomic E-state index is -0.311. The van der Waals surface area contributed by atoms with Gasteiger partial charge in [0.15, 0.2) is 0 Å². The lowest BCUT2D eigenvalue weighted by Crippen LogP contribution is -1.92. The standard InChI is InChI=1S/C16H11ClFN3S/c17-13-7-5-11(6-8-13)15-10-22-16(20-15)21-19-9-12-3-1-2-4-14(12)18/h1-10H,(H,20,21)/b19-9+. The van der Waals surface area contributed by atoms with Crippen molar-refractivity contribution in [1.82, 2.24) is 4.98 Å². The van der Waals surface area contributed by atoms with Crippen molar-refractivity contribution in [3.63, 3.8) is 0 Å². The van der Waals surface area contributed by atoms with E-state index in [1.807, 2.05) is 29.6 Å². The van der Waals surface area contributed by atoms with Gasteiger partial charge in [-0.1, -0.05) is 41.9 Å². The first kappa shape index (κ1) is 14.7. The quantitative estimate of drug-likeness (QED) is 0.536. The van der Waals surface area contributed by atoms with E-state index in [1.54, 1.807) is 18.2 Å². The average molecular weight is 332 g/mol. The van der Waals surface area contributed by atoms with E-state index in [9.17, 15) is 4.39 Å². The molecule has 0 bridgehead atoms. The Morgan fingerprint density at radius 1 is 1.14 bits per heavy atom. The maximum absolute atomic E-state index is 13.4. The van der Waals surface area contributed by atoms with Crippen molar-refractivity contribution in [2.45, 2.75) is 0 Å². The number of rotatable bonds is 4. The molecule has 0 amide bonds. The van der Waals surface area contributed by atoms with Gasteiger partial charge < -0.3 is 0 Å². The number of halogens is 2. The van der Waals surface area contributed by atoms with Crippen molar-refractivity contribution < 1.29 is 4.39 Å². The van der Waals surface area contributed by atoms with Gasteiger partial charge in [-0.05, 0) is 18.2 Å². The van der Waals surface area contributed by atoms with Gasteiger partial charge in [-0.2, -0.15) is 5.10 Å². The Balaban J connectivity index is 1.70. The Kier molecular flexibility index (Phi) is 4.46. The van der Waals surface area contributed by atoms with E-state index < -0.39 is 0 Å². The summed E-state index contributed by atoms with van der Waals surface area (Å²) in [7, 11) is 0. The van der Waals surface area contributed by atoms with Crippen LogP contribution in [0.15, 0.2) is 59.0 Å². The van der Waals surface area contributed by atoms with Crippen LogP contribution in [0.4, 0.5) is 9.52 Å². The average Bonchev–Trinajstić information content (AvgIpc) is 2.99. The van der Waals surface area contributed by atoms with Crippen molar-refractivity contribution >= 4 is 34.3 Å². The third kappa shape index (κ3) is 3.50. The molecule has 22 heavy (non-hydrogen) atoms. The number of hydrogen-bond acceptors (Lipinski definition) is 4. The summed E-state index contributed by atoms with van der Waals surface area (Å²) in [5.41, 5.74) is 5.04. The van der Waals surface area contributed by atoms with Gasteiger partial charge >= 0.3 is 0 Å². The van der Waals surface area contributed by atoms with Crippen LogP contribution in [0.5, 0.6) is 0 Å². The van der Waals surface area contributed by atoms with Crippen molar-refractivity contribution in [3.05, 3.63) is 70.3 Å². The van der Waals surface area contributed by atoms with Gasteiger partial charge in [0.05, 0.1) is 11.9 Å². The molecule has 1 N–H and O–H groups in total. The van der Waals surface area contributed by atoms with Crippen LogP contribution in [0.1, 0.15) is 5.56 Å². The number of thiazole rings is 1. The van der Waals surface area contributed by atoms with Crippen LogP contribution in [0.3, 0.4) is 0 Å². The summed E-state index contributed by atoms with van der Waals surface area (Å²) in [5, 5.41) is 7.25. The highest BCUT2D eigenvalue weighted by Gasteiger charge is 2.04. The molecule has 0 atom stereocenters. The topological polar surface area (TPSA) is 37.3 Å². The fraction of sp³-hybridized carbons (Fsp3) is 0. The second kappa shape index (κ2) is 6.68. The lowest BCUT2D eigenvalue weighted by molar-refractivity contribution is 0.626. The number of nitrogens with zero attached hydrogens (tertiary/aromatic N) is 2. The first-order valence-corrected chi connectivity index (χ1v) is 7.73. The lowest BCUT2D eigenvalue weighted by atomic mass is 10.2. The van der Waals surface area contributed by atoms with Gasteiger partial charge in [0.2, 0.25) is 5.13 Å². The molecule has 0 saturated heterocycles. The summed E-state index contributed by atoms with van der Waals surface area (Å²) in [5.74, 6) is -0.311. The minimum Gasteiger partial charge on any atom is -0.253 e. The van der Waals surface area contributed by atoms with Gasteiger partial charge in [-0.15, -0.1) is 11.3 Å². The monoisotopic (exact) mass is 331 g/mol. The van der Waals surface area contributed by atoms with Gasteiger partial charge in [-0.25, -0.2) is 9.37 Å². The maximum Gasteiger partial charge on any atom is 0.203 e. The number of hydrogen-bond donors (Lipinski definition) is 1. The molecule has 0 radical (unpaired) electrons. The van der Waals surface area contributed by atoms with Crippen molar-refractivity contribution in [1.29, 1.82) is 0 Å². The molecule has 0 aliphatic heterocycles. The number of hydrazone groups is 1. The third-order valence-corrected chi connectivity index (χ3v) is 3.91. The zero-order valence-corrected chi connectivity index (χ0v) is 12.9. The van der Waals surface area contributed by atoms with E-state index in [1.165, 1.54) is 23.6 Å². The lowest BCUT2D eigenvalue weighted by Gasteiger charge is -1.97. The predicted molar refractivity (Wildman–Crippen MR) is 90.2 cm³/mol. The van der Waals surface area contributed by atoms with Crippen LogP contribution in [-0.2, 0) is 0 Å². The second-order valence-corrected chi connectivity index (χ2v) is 5.73. The maximum atomic E-state index is 13.4. The summed E-state index contributed by atoms with van der Waals surface area (Å²) in [6.07, 6.45) is 1.43. The second-order valence-electron chi connectivity index (χ2n) is 4.44. The number of aromatic nitrogens is 1. The van der Waals surface area contributed by atoms with E-state index in [-0.39, 0.29) is 5.82 Å². The van der Waals surface area contributed by atoms with E-state index in [4.69, 9.17) is 11.6 Å². The molecule has 3 nitrogen and oxygen atoms in total. The summed E-state index contributed by atoms with van der Waals surface area (Å²) >= 11 is 7.29. The molecule has 0 aliphatic carbocycles. The van der Waals surface area contributed by atoms with E-state index >= 15 is 0 Å². The number of nitrogens with one attached hydrogen (secondary N) is 1. The highest BCUT2D eigenvalue weighted by Crippen LogP contribution is 2.25. The largest absolute Gasteiger partial charge is 0.253 e. The fourth-order valence-electron chi connectivity index (χ4n) is 1.82. The van der Waals surface area contributed by atoms with Crippen LogP contribution in [0.25, 0.3) is 11.3 Å². The molecular formula is C16H11ClFN3S. The first-order chi connectivity index (χ1) is 10.7. The Labute approximate surface area is 136 Å². The van der Waals surface area contributed by atoms with Crippen molar-refractivity contribution in [2.24, 2.45) is 5.10 Å². The molecular weight excluding hydrogens is 321 g/mol. The Bertz CT molecular complexity index is 799. The Morgan fingerprint density at radius 3 is 2.68 bits per heavy atom. The third-order valence-electron chi connectivity index (χ3n) is 2.91. The molecule has 0 aliphatic rings. The normalized spacial score (nSPS) is 11.0. The molecule has 6 heteroatoms. The van der Waals surface area contributed by atoms with Crippen molar-refractivity contribution in [2.75, 3.05) is 5.43 Å². The van der Waals surface area contributed by atoms with Crippen LogP contribution < -0.4 is 5.43 Å². The summed E-state index contributed by atoms with van der Waals surface area (Å²) in [6, 6.07) is 13.9. The summed E-state index contributed by atoms with van der Waals surface area (Å²) in [6.45, 7) is 0. The van der Waals surface area contributed by atoms with E-state index in [0.717, 1.165) is 11.3 Å². The van der Waals surface area contributed by atoms with Crippen LogP contribution in [0.2, 0.25) is 5.02 Å². The molecule has 110 valence electrons. The summed E-state index contributed by atoms with van der Waals surface area (Å²) in [4.78, 5) is 4.42. The highest BCUT2D eigenvalue weighted by molar-refractivity contribution is 7.14. The molecule has 0 fully saturated rings. The molecule has 0 saturated carbocycles. The van der Waals surface area contributed by atoms with Crippen LogP contribution in [0, 0.1) is 5.82 Å². The molecule has 0 spiro atoms. The van der Waals surface area contributed by atoms with Gasteiger partial charge in [0.25, 0.3) is 0 Å². The minimum absolute atomic E-state index is 0.311. The Morgan fingerprint density at radius 2 is 1.91 bits per heavy atom. The van der Waals surface area contributed by atoms with Crippen LogP contribution >= 0.6 is 22.9 Å². The molecule has 2 aromatic carbocycles. The predicted octanol–water partition coefficient (Wildman–Crippen LogP) is 5.05. The smallest absolute Gasteiger partial charge is 0.203 e.